The van der Waals surface area contributed by atoms with E-state index in [0.717, 1.165) is 29.9 Å². The minimum Gasteiger partial charge on any atom is -0.464 e. The molecule has 2 aromatic rings. The summed E-state index contributed by atoms with van der Waals surface area (Å²) in [6.07, 6.45) is 6.52. The fourth-order valence-electron chi connectivity index (χ4n) is 1.76. The Kier molecular flexibility index (Phi) is 3.43. The number of rotatable bonds is 6. The highest BCUT2D eigenvalue weighted by Crippen LogP contribution is 2.24. The molecule has 1 aliphatic carbocycles. The van der Waals surface area contributed by atoms with Gasteiger partial charge < -0.3 is 9.73 Å². The SMILES string of the molecule is Cn1cc(SCc2ccc(CNC3CC3)o2)cn1. The predicted molar refractivity (Wildman–Crippen MR) is 71.3 cm³/mol. The van der Waals surface area contributed by atoms with Crippen molar-refractivity contribution in [3.8, 4) is 0 Å². The zero-order chi connectivity index (χ0) is 12.4. The van der Waals surface area contributed by atoms with Crippen LogP contribution in [0.3, 0.4) is 0 Å². The van der Waals surface area contributed by atoms with Crippen LogP contribution in [0, 0.1) is 0 Å². The summed E-state index contributed by atoms with van der Waals surface area (Å²) >= 11 is 1.75. The average molecular weight is 263 g/mol. The molecule has 4 nitrogen and oxygen atoms in total. The Balaban J connectivity index is 1.49. The highest BCUT2D eigenvalue weighted by molar-refractivity contribution is 7.98. The molecular formula is C13H17N3OS. The van der Waals surface area contributed by atoms with Gasteiger partial charge in [0.1, 0.15) is 11.5 Å². The third kappa shape index (κ3) is 3.17. The smallest absolute Gasteiger partial charge is 0.118 e. The van der Waals surface area contributed by atoms with Crippen LogP contribution in [0.25, 0.3) is 0 Å². The molecule has 0 amide bonds. The van der Waals surface area contributed by atoms with Gasteiger partial charge >= 0.3 is 0 Å². The number of furan rings is 1. The zero-order valence-electron chi connectivity index (χ0n) is 10.4. The van der Waals surface area contributed by atoms with Crippen LogP contribution < -0.4 is 5.32 Å². The van der Waals surface area contributed by atoms with Gasteiger partial charge in [0.05, 0.1) is 18.5 Å². The molecule has 0 aromatic carbocycles. The third-order valence-electron chi connectivity index (χ3n) is 2.92. The summed E-state index contributed by atoms with van der Waals surface area (Å²) in [6, 6.07) is 4.85. The van der Waals surface area contributed by atoms with Gasteiger partial charge in [0.15, 0.2) is 0 Å². The highest BCUT2D eigenvalue weighted by atomic mass is 32.2. The topological polar surface area (TPSA) is 43.0 Å². The monoisotopic (exact) mass is 263 g/mol. The Morgan fingerprint density at radius 3 is 3.00 bits per heavy atom. The minimum atomic E-state index is 0.725. The standard InChI is InChI=1S/C13H17N3OS/c1-16-8-13(7-15-16)18-9-12-5-4-11(17-12)6-14-10-2-3-10/h4-5,7-8,10,14H,2-3,6,9H2,1H3. The summed E-state index contributed by atoms with van der Waals surface area (Å²) in [4.78, 5) is 1.17. The first kappa shape index (κ1) is 11.9. The van der Waals surface area contributed by atoms with Crippen molar-refractivity contribution in [3.63, 3.8) is 0 Å². The van der Waals surface area contributed by atoms with Crippen molar-refractivity contribution in [2.45, 2.75) is 36.1 Å². The summed E-state index contributed by atoms with van der Waals surface area (Å²) in [6.45, 7) is 0.849. The molecule has 0 atom stereocenters. The molecule has 5 heteroatoms. The summed E-state index contributed by atoms with van der Waals surface area (Å²) in [5.74, 6) is 2.91. The largest absolute Gasteiger partial charge is 0.464 e. The van der Waals surface area contributed by atoms with Crippen LogP contribution in [0.15, 0.2) is 33.8 Å². The number of hydrogen-bond donors (Lipinski definition) is 1. The molecule has 1 N–H and O–H groups in total. The van der Waals surface area contributed by atoms with E-state index in [2.05, 4.69) is 22.5 Å². The summed E-state index contributed by atoms with van der Waals surface area (Å²) in [5.41, 5.74) is 0. The van der Waals surface area contributed by atoms with Crippen molar-refractivity contribution in [3.05, 3.63) is 36.0 Å². The van der Waals surface area contributed by atoms with E-state index < -0.39 is 0 Å². The maximum atomic E-state index is 5.78. The van der Waals surface area contributed by atoms with Crippen molar-refractivity contribution < 1.29 is 4.42 Å². The number of aromatic nitrogens is 2. The molecule has 0 aliphatic heterocycles. The van der Waals surface area contributed by atoms with Gasteiger partial charge in [-0.25, -0.2) is 0 Å². The first-order valence-corrected chi connectivity index (χ1v) is 7.20. The predicted octanol–water partition coefficient (Wildman–Crippen LogP) is 2.56. The highest BCUT2D eigenvalue weighted by Gasteiger charge is 2.20. The molecule has 0 bridgehead atoms. The molecule has 1 fully saturated rings. The van der Waals surface area contributed by atoms with Gasteiger partial charge in [-0.3, -0.25) is 4.68 Å². The second kappa shape index (κ2) is 5.20. The van der Waals surface area contributed by atoms with Crippen LogP contribution in [-0.4, -0.2) is 15.8 Å². The molecule has 3 rings (SSSR count). The Morgan fingerprint density at radius 1 is 1.44 bits per heavy atom. The molecule has 0 radical (unpaired) electrons. The molecule has 96 valence electrons. The number of hydrogen-bond acceptors (Lipinski definition) is 4. The molecule has 0 unspecified atom stereocenters. The molecule has 2 heterocycles. The van der Waals surface area contributed by atoms with Crippen molar-refractivity contribution in [1.29, 1.82) is 0 Å². The summed E-state index contributed by atoms with van der Waals surface area (Å²) in [7, 11) is 1.93. The Bertz CT molecular complexity index is 516. The van der Waals surface area contributed by atoms with Gasteiger partial charge in [0.25, 0.3) is 0 Å². The molecule has 2 aromatic heterocycles. The molecular weight excluding hydrogens is 246 g/mol. The van der Waals surface area contributed by atoms with Crippen LogP contribution in [0.5, 0.6) is 0 Å². The van der Waals surface area contributed by atoms with E-state index in [1.807, 2.05) is 24.1 Å². The quantitative estimate of drug-likeness (QED) is 0.813. The normalized spacial score (nSPS) is 15.2. The van der Waals surface area contributed by atoms with E-state index in [9.17, 15) is 0 Å². The van der Waals surface area contributed by atoms with E-state index in [-0.39, 0.29) is 0 Å². The first-order valence-electron chi connectivity index (χ1n) is 6.22. The Hall–Kier alpha value is -1.20. The van der Waals surface area contributed by atoms with E-state index in [0.29, 0.717) is 0 Å². The fraction of sp³-hybridized carbons (Fsp3) is 0.462. The second-order valence-electron chi connectivity index (χ2n) is 4.66. The first-order chi connectivity index (χ1) is 8.79. The zero-order valence-corrected chi connectivity index (χ0v) is 11.2. The number of nitrogens with zero attached hydrogens (tertiary/aromatic N) is 2. The van der Waals surface area contributed by atoms with Crippen LogP contribution >= 0.6 is 11.8 Å². The molecule has 18 heavy (non-hydrogen) atoms. The number of thioether (sulfide) groups is 1. The summed E-state index contributed by atoms with van der Waals surface area (Å²) in [5, 5.41) is 7.59. The van der Waals surface area contributed by atoms with Crippen LogP contribution in [-0.2, 0) is 19.3 Å². The molecule has 0 spiro atoms. The van der Waals surface area contributed by atoms with Crippen molar-refractivity contribution >= 4 is 11.8 Å². The lowest BCUT2D eigenvalue weighted by Gasteiger charge is -1.98. The fourth-order valence-corrected chi connectivity index (χ4v) is 2.57. The number of aryl methyl sites for hydroxylation is 1. The maximum Gasteiger partial charge on any atom is 0.118 e. The molecule has 1 aliphatic rings. The van der Waals surface area contributed by atoms with E-state index >= 15 is 0 Å². The van der Waals surface area contributed by atoms with Crippen molar-refractivity contribution in [1.82, 2.24) is 15.1 Å². The lowest BCUT2D eigenvalue weighted by atomic mass is 10.4. The maximum absolute atomic E-state index is 5.78. The van der Waals surface area contributed by atoms with Gasteiger partial charge in [-0.05, 0) is 25.0 Å². The van der Waals surface area contributed by atoms with Crippen LogP contribution in [0.4, 0.5) is 0 Å². The molecule has 1 saturated carbocycles. The van der Waals surface area contributed by atoms with Gasteiger partial charge in [-0.15, -0.1) is 11.8 Å². The van der Waals surface area contributed by atoms with Crippen molar-refractivity contribution in [2.75, 3.05) is 0 Å². The minimum absolute atomic E-state index is 0.725. The van der Waals surface area contributed by atoms with Crippen LogP contribution in [0.2, 0.25) is 0 Å². The van der Waals surface area contributed by atoms with Crippen LogP contribution in [0.1, 0.15) is 24.4 Å². The van der Waals surface area contributed by atoms with E-state index in [1.54, 1.807) is 11.8 Å². The number of nitrogens with one attached hydrogen (secondary N) is 1. The Labute approximate surface area is 111 Å². The third-order valence-corrected chi connectivity index (χ3v) is 3.89. The van der Waals surface area contributed by atoms with Gasteiger partial charge in [-0.2, -0.15) is 5.10 Å². The van der Waals surface area contributed by atoms with Gasteiger partial charge in [-0.1, -0.05) is 0 Å². The van der Waals surface area contributed by atoms with Crippen molar-refractivity contribution in [2.24, 2.45) is 7.05 Å². The Morgan fingerprint density at radius 2 is 2.28 bits per heavy atom. The second-order valence-corrected chi connectivity index (χ2v) is 5.71. The van der Waals surface area contributed by atoms with E-state index in [1.165, 1.54) is 17.7 Å². The molecule has 0 saturated heterocycles. The van der Waals surface area contributed by atoms with Gasteiger partial charge in [0, 0.05) is 24.2 Å². The average Bonchev–Trinajstić information content (AvgIpc) is 2.93. The van der Waals surface area contributed by atoms with Gasteiger partial charge in [0.2, 0.25) is 0 Å². The van der Waals surface area contributed by atoms with E-state index in [4.69, 9.17) is 4.42 Å². The summed E-state index contributed by atoms with van der Waals surface area (Å²) < 4.78 is 7.59. The lowest BCUT2D eigenvalue weighted by molar-refractivity contribution is 0.458. The lowest BCUT2D eigenvalue weighted by Crippen LogP contribution is -2.14.